The third-order valence-corrected chi connectivity index (χ3v) is 4.71. The number of nitrogens with one attached hydrogen (secondary N) is 1. The second kappa shape index (κ2) is 6.10. The Morgan fingerprint density at radius 3 is 3.22 bits per heavy atom. The lowest BCUT2D eigenvalue weighted by molar-refractivity contribution is 0.0835. The second-order valence-corrected chi connectivity index (χ2v) is 6.35. The van der Waals surface area contributed by atoms with Gasteiger partial charge in [-0.25, -0.2) is 0 Å². The number of hydrogen-bond donors (Lipinski definition) is 1. The van der Waals surface area contributed by atoms with Crippen LogP contribution in [0.4, 0.5) is 0 Å². The van der Waals surface area contributed by atoms with Gasteiger partial charge in [0, 0.05) is 16.9 Å². The van der Waals surface area contributed by atoms with Crippen molar-refractivity contribution in [2.75, 3.05) is 6.61 Å². The van der Waals surface area contributed by atoms with Gasteiger partial charge in [0.25, 0.3) is 11.8 Å². The molecule has 1 aliphatic heterocycles. The molecular formula is C16H15N3O3S. The van der Waals surface area contributed by atoms with E-state index in [1.165, 1.54) is 4.70 Å². The van der Waals surface area contributed by atoms with Crippen molar-refractivity contribution in [3.8, 4) is 0 Å². The van der Waals surface area contributed by atoms with Crippen molar-refractivity contribution in [2.24, 2.45) is 0 Å². The molecule has 23 heavy (non-hydrogen) atoms. The molecule has 1 fully saturated rings. The monoisotopic (exact) mass is 329 g/mol. The number of carbonyl (C=O) groups is 1. The molecule has 0 radical (unpaired) electrons. The number of ether oxygens (including phenoxy) is 1. The summed E-state index contributed by atoms with van der Waals surface area (Å²) in [6.07, 6.45) is 1.80. The summed E-state index contributed by atoms with van der Waals surface area (Å²) in [5, 5.41) is 9.79. The molecule has 7 heteroatoms. The van der Waals surface area contributed by atoms with E-state index in [2.05, 4.69) is 15.5 Å². The van der Waals surface area contributed by atoms with Gasteiger partial charge in [-0.15, -0.1) is 11.3 Å². The molecule has 0 saturated carbocycles. The lowest BCUT2D eigenvalue weighted by Gasteiger charge is -2.03. The molecule has 1 atom stereocenters. The van der Waals surface area contributed by atoms with E-state index in [4.69, 9.17) is 9.26 Å². The molecule has 1 aromatic carbocycles. The van der Waals surface area contributed by atoms with Crippen LogP contribution in [-0.4, -0.2) is 22.7 Å². The van der Waals surface area contributed by atoms with Crippen LogP contribution in [0.3, 0.4) is 0 Å². The highest BCUT2D eigenvalue weighted by Crippen LogP contribution is 2.27. The molecule has 118 valence electrons. The fourth-order valence-electron chi connectivity index (χ4n) is 2.61. The summed E-state index contributed by atoms with van der Waals surface area (Å²) in [7, 11) is 0. The topological polar surface area (TPSA) is 77.2 Å². The van der Waals surface area contributed by atoms with E-state index in [1.807, 2.05) is 29.6 Å². The van der Waals surface area contributed by atoms with Crippen molar-refractivity contribution in [3.05, 3.63) is 46.9 Å². The summed E-state index contributed by atoms with van der Waals surface area (Å²) in [4.78, 5) is 16.5. The highest BCUT2D eigenvalue weighted by atomic mass is 32.1. The smallest absolute Gasteiger partial charge is 0.255 e. The molecule has 1 amide bonds. The number of nitrogens with zero attached hydrogens (tertiary/aromatic N) is 2. The fraction of sp³-hybridized carbons (Fsp3) is 0.312. The molecule has 1 N–H and O–H groups in total. The minimum Gasteiger partial charge on any atom is -0.368 e. The summed E-state index contributed by atoms with van der Waals surface area (Å²) >= 11 is 1.66. The van der Waals surface area contributed by atoms with Crippen LogP contribution in [0.5, 0.6) is 0 Å². The molecule has 1 saturated heterocycles. The van der Waals surface area contributed by atoms with E-state index in [0.717, 1.165) is 24.8 Å². The average molecular weight is 329 g/mol. The van der Waals surface area contributed by atoms with Gasteiger partial charge in [0.05, 0.1) is 6.54 Å². The summed E-state index contributed by atoms with van der Waals surface area (Å²) in [6.45, 7) is 0.959. The Balaban J connectivity index is 1.40. The van der Waals surface area contributed by atoms with Gasteiger partial charge >= 0.3 is 0 Å². The van der Waals surface area contributed by atoms with Crippen LogP contribution in [0.2, 0.25) is 0 Å². The molecule has 0 bridgehead atoms. The van der Waals surface area contributed by atoms with E-state index in [9.17, 15) is 4.79 Å². The number of carbonyl (C=O) groups excluding carboxylic acids is 1. The van der Waals surface area contributed by atoms with Crippen molar-refractivity contribution < 1.29 is 14.1 Å². The van der Waals surface area contributed by atoms with Crippen LogP contribution in [0.15, 0.2) is 34.2 Å². The highest BCUT2D eigenvalue weighted by molar-refractivity contribution is 7.17. The number of amides is 1. The standard InChI is InChI=1S/C16H15N3O3S/c20-15(11-3-4-13-10(8-11)5-7-23-13)17-9-14-18-16(22-19-14)12-2-1-6-21-12/h3-5,7-8,12H,1-2,6,9H2,(H,17,20)/t12-/m0/s1. The van der Waals surface area contributed by atoms with Crippen LogP contribution in [0.25, 0.3) is 10.1 Å². The minimum absolute atomic E-state index is 0.104. The third-order valence-electron chi connectivity index (χ3n) is 3.81. The molecule has 3 heterocycles. The van der Waals surface area contributed by atoms with Crippen LogP contribution in [-0.2, 0) is 11.3 Å². The Bertz CT molecular complexity index is 836. The quantitative estimate of drug-likeness (QED) is 0.796. The minimum atomic E-state index is -0.151. The van der Waals surface area contributed by atoms with Gasteiger partial charge in [-0.2, -0.15) is 4.98 Å². The molecule has 1 aliphatic rings. The normalized spacial score (nSPS) is 17.7. The Morgan fingerprint density at radius 1 is 1.39 bits per heavy atom. The summed E-state index contributed by atoms with van der Waals surface area (Å²) < 4.78 is 11.9. The first kappa shape index (κ1) is 14.3. The number of thiophene rings is 1. The fourth-order valence-corrected chi connectivity index (χ4v) is 3.38. The first-order valence-corrected chi connectivity index (χ1v) is 8.37. The molecule has 6 nitrogen and oxygen atoms in total. The van der Waals surface area contributed by atoms with E-state index < -0.39 is 0 Å². The van der Waals surface area contributed by atoms with Crippen molar-refractivity contribution in [2.45, 2.75) is 25.5 Å². The van der Waals surface area contributed by atoms with Crippen LogP contribution >= 0.6 is 11.3 Å². The van der Waals surface area contributed by atoms with Gasteiger partial charge < -0.3 is 14.6 Å². The Labute approximate surface area is 136 Å². The number of fused-ring (bicyclic) bond motifs is 1. The maximum Gasteiger partial charge on any atom is 0.255 e. The largest absolute Gasteiger partial charge is 0.368 e. The van der Waals surface area contributed by atoms with Gasteiger partial charge in [0.1, 0.15) is 6.10 Å². The zero-order valence-electron chi connectivity index (χ0n) is 12.3. The summed E-state index contributed by atoms with van der Waals surface area (Å²) in [6, 6.07) is 7.67. The third kappa shape index (κ3) is 2.97. The van der Waals surface area contributed by atoms with Crippen molar-refractivity contribution in [1.82, 2.24) is 15.5 Å². The van der Waals surface area contributed by atoms with Gasteiger partial charge in [-0.05, 0) is 47.9 Å². The zero-order chi connectivity index (χ0) is 15.6. The van der Waals surface area contributed by atoms with Crippen LogP contribution in [0, 0.1) is 0 Å². The van der Waals surface area contributed by atoms with E-state index in [1.54, 1.807) is 11.3 Å². The molecule has 3 aromatic rings. The van der Waals surface area contributed by atoms with Gasteiger partial charge in [0.2, 0.25) is 0 Å². The number of aromatic nitrogens is 2. The van der Waals surface area contributed by atoms with Crippen molar-refractivity contribution in [3.63, 3.8) is 0 Å². The molecular weight excluding hydrogens is 314 g/mol. The Hall–Kier alpha value is -2.25. The van der Waals surface area contributed by atoms with Crippen LogP contribution < -0.4 is 5.32 Å². The second-order valence-electron chi connectivity index (χ2n) is 5.41. The summed E-state index contributed by atoms with van der Waals surface area (Å²) in [5.74, 6) is 0.800. The van der Waals surface area contributed by atoms with E-state index in [0.29, 0.717) is 17.3 Å². The first-order valence-electron chi connectivity index (χ1n) is 7.49. The lowest BCUT2D eigenvalue weighted by atomic mass is 10.1. The van der Waals surface area contributed by atoms with Crippen LogP contribution in [0.1, 0.15) is 41.0 Å². The predicted molar refractivity (Wildman–Crippen MR) is 85.2 cm³/mol. The van der Waals surface area contributed by atoms with E-state index in [-0.39, 0.29) is 18.6 Å². The van der Waals surface area contributed by atoms with E-state index >= 15 is 0 Å². The SMILES string of the molecule is O=C(NCc1noc([C@@H]2CCCO2)n1)c1ccc2sccc2c1. The Kier molecular flexibility index (Phi) is 3.80. The van der Waals surface area contributed by atoms with Gasteiger partial charge in [0.15, 0.2) is 5.82 Å². The maximum atomic E-state index is 12.2. The van der Waals surface area contributed by atoms with Gasteiger partial charge in [-0.1, -0.05) is 5.16 Å². The molecule has 2 aromatic heterocycles. The average Bonchev–Trinajstić information content (AvgIpc) is 3.32. The number of hydrogen-bond acceptors (Lipinski definition) is 6. The molecule has 0 spiro atoms. The van der Waals surface area contributed by atoms with Crippen molar-refractivity contribution >= 4 is 27.3 Å². The summed E-state index contributed by atoms with van der Waals surface area (Å²) in [5.41, 5.74) is 0.624. The molecule has 0 aliphatic carbocycles. The lowest BCUT2D eigenvalue weighted by Crippen LogP contribution is -2.23. The highest BCUT2D eigenvalue weighted by Gasteiger charge is 2.23. The predicted octanol–water partition coefficient (Wildman–Crippen LogP) is 3.07. The number of rotatable bonds is 4. The molecule has 0 unspecified atom stereocenters. The van der Waals surface area contributed by atoms with Gasteiger partial charge in [-0.3, -0.25) is 4.79 Å². The first-order chi connectivity index (χ1) is 11.3. The zero-order valence-corrected chi connectivity index (χ0v) is 13.1. The Morgan fingerprint density at radius 2 is 2.35 bits per heavy atom. The maximum absolute atomic E-state index is 12.2. The van der Waals surface area contributed by atoms with Crippen molar-refractivity contribution in [1.29, 1.82) is 0 Å². The number of benzene rings is 1. The molecule has 4 rings (SSSR count).